The number of hydrogen-bond donors (Lipinski definition) is 2. The zero-order valence-corrected chi connectivity index (χ0v) is 20.1. The van der Waals surface area contributed by atoms with Gasteiger partial charge in [0.15, 0.2) is 16.7 Å². The molecule has 6 nitrogen and oxygen atoms in total. The van der Waals surface area contributed by atoms with E-state index in [1.165, 1.54) is 42.4 Å². The molecule has 1 aromatic heterocycles. The third-order valence-corrected chi connectivity index (χ3v) is 7.01. The highest BCUT2D eigenvalue weighted by Gasteiger charge is 2.21. The summed E-state index contributed by atoms with van der Waals surface area (Å²) >= 11 is 13.4. The Hall–Kier alpha value is -2.20. The van der Waals surface area contributed by atoms with Crippen molar-refractivity contribution in [2.75, 3.05) is 31.5 Å². The van der Waals surface area contributed by atoms with E-state index in [1.807, 2.05) is 0 Å². The molecule has 0 unspecified atom stereocenters. The fourth-order valence-corrected chi connectivity index (χ4v) is 5.26. The van der Waals surface area contributed by atoms with Crippen LogP contribution in [0.25, 0.3) is 10.2 Å². The van der Waals surface area contributed by atoms with Gasteiger partial charge in [0.2, 0.25) is 0 Å². The second-order valence-electron chi connectivity index (χ2n) is 7.72. The SMILES string of the molecule is C[C@@H](Oc1cc2sc(NC(=O)NCCN3CCCC3)nc2cc1F)c1c(Cl)ccc(F)c1Cl. The Kier molecular flexibility index (Phi) is 7.53. The number of nitrogens with zero attached hydrogens (tertiary/aromatic N) is 2. The predicted octanol–water partition coefficient (Wildman–Crippen LogP) is 6.24. The van der Waals surface area contributed by atoms with E-state index in [4.69, 9.17) is 27.9 Å². The summed E-state index contributed by atoms with van der Waals surface area (Å²) in [6.07, 6.45) is 1.59. The molecule has 176 valence electrons. The largest absolute Gasteiger partial charge is 0.483 e. The van der Waals surface area contributed by atoms with Crippen LogP contribution >= 0.6 is 34.5 Å². The summed E-state index contributed by atoms with van der Waals surface area (Å²) in [7, 11) is 0. The number of nitrogens with one attached hydrogen (secondary N) is 2. The van der Waals surface area contributed by atoms with Gasteiger partial charge in [-0.1, -0.05) is 34.5 Å². The summed E-state index contributed by atoms with van der Waals surface area (Å²) in [5.74, 6) is -1.35. The van der Waals surface area contributed by atoms with Crippen molar-refractivity contribution >= 4 is 55.9 Å². The third kappa shape index (κ3) is 5.66. The fraction of sp³-hybridized carbons (Fsp3) is 0.364. The van der Waals surface area contributed by atoms with E-state index in [9.17, 15) is 13.6 Å². The second-order valence-corrected chi connectivity index (χ2v) is 9.53. The van der Waals surface area contributed by atoms with Gasteiger partial charge in [-0.3, -0.25) is 5.32 Å². The minimum atomic E-state index is -0.806. The van der Waals surface area contributed by atoms with Crippen LogP contribution in [0.3, 0.4) is 0 Å². The molecule has 0 saturated carbocycles. The number of hydrogen-bond acceptors (Lipinski definition) is 5. The van der Waals surface area contributed by atoms with Crippen LogP contribution in [0.2, 0.25) is 10.0 Å². The van der Waals surface area contributed by atoms with Crippen molar-refractivity contribution in [3.05, 3.63) is 51.5 Å². The first-order valence-electron chi connectivity index (χ1n) is 10.5. The molecule has 1 aliphatic heterocycles. The van der Waals surface area contributed by atoms with Gasteiger partial charge in [-0.2, -0.15) is 0 Å². The monoisotopic (exact) mass is 514 g/mol. The number of benzene rings is 2. The van der Waals surface area contributed by atoms with E-state index >= 15 is 0 Å². The minimum Gasteiger partial charge on any atom is -0.483 e. The number of thiazole rings is 1. The average Bonchev–Trinajstić information content (AvgIpc) is 3.40. The third-order valence-electron chi connectivity index (χ3n) is 5.36. The topological polar surface area (TPSA) is 66.5 Å². The Morgan fingerprint density at radius 3 is 2.76 bits per heavy atom. The van der Waals surface area contributed by atoms with Crippen molar-refractivity contribution in [1.29, 1.82) is 0 Å². The number of amides is 2. The van der Waals surface area contributed by atoms with Gasteiger partial charge in [-0.25, -0.2) is 18.6 Å². The smallest absolute Gasteiger partial charge is 0.321 e. The van der Waals surface area contributed by atoms with Gasteiger partial charge >= 0.3 is 6.03 Å². The van der Waals surface area contributed by atoms with Crippen molar-refractivity contribution in [3.63, 3.8) is 0 Å². The van der Waals surface area contributed by atoms with E-state index in [2.05, 4.69) is 20.5 Å². The average molecular weight is 515 g/mol. The molecule has 11 heteroatoms. The Morgan fingerprint density at radius 1 is 1.24 bits per heavy atom. The van der Waals surface area contributed by atoms with Crippen LogP contribution in [-0.2, 0) is 0 Å². The van der Waals surface area contributed by atoms with Gasteiger partial charge < -0.3 is 15.0 Å². The van der Waals surface area contributed by atoms with E-state index < -0.39 is 17.7 Å². The lowest BCUT2D eigenvalue weighted by atomic mass is 10.1. The molecule has 1 saturated heterocycles. The van der Waals surface area contributed by atoms with Crippen molar-refractivity contribution in [2.24, 2.45) is 0 Å². The maximum atomic E-state index is 14.7. The normalized spacial score (nSPS) is 15.1. The summed E-state index contributed by atoms with van der Waals surface area (Å²) in [5, 5.41) is 5.87. The number of halogens is 4. The molecule has 0 aliphatic carbocycles. The highest BCUT2D eigenvalue weighted by atomic mass is 35.5. The van der Waals surface area contributed by atoms with Crippen LogP contribution in [0.1, 0.15) is 31.4 Å². The number of fused-ring (bicyclic) bond motifs is 1. The van der Waals surface area contributed by atoms with Gasteiger partial charge in [0, 0.05) is 35.8 Å². The van der Waals surface area contributed by atoms with Crippen molar-refractivity contribution in [3.8, 4) is 5.75 Å². The molecule has 0 radical (unpaired) electrons. The van der Waals surface area contributed by atoms with Crippen molar-refractivity contribution in [2.45, 2.75) is 25.9 Å². The summed E-state index contributed by atoms with van der Waals surface area (Å²) < 4.78 is 34.8. The molecule has 4 rings (SSSR count). The van der Waals surface area contributed by atoms with E-state index in [1.54, 1.807) is 6.92 Å². The van der Waals surface area contributed by atoms with Gasteiger partial charge in [-0.15, -0.1) is 0 Å². The Bertz CT molecular complexity index is 1170. The van der Waals surface area contributed by atoms with E-state index in [0.717, 1.165) is 25.7 Å². The summed E-state index contributed by atoms with van der Waals surface area (Å²) in [6.45, 7) is 5.06. The maximum absolute atomic E-state index is 14.7. The zero-order chi connectivity index (χ0) is 23.5. The quantitative estimate of drug-likeness (QED) is 0.366. The first-order valence-corrected chi connectivity index (χ1v) is 12.1. The van der Waals surface area contributed by atoms with E-state index in [-0.39, 0.29) is 27.4 Å². The molecular formula is C22H22Cl2F2N4O2S. The maximum Gasteiger partial charge on any atom is 0.321 e. The van der Waals surface area contributed by atoms with Gasteiger partial charge in [-0.05, 0) is 45.0 Å². The highest BCUT2D eigenvalue weighted by Crippen LogP contribution is 2.37. The first-order chi connectivity index (χ1) is 15.8. The van der Waals surface area contributed by atoms with Crippen LogP contribution in [0.4, 0.5) is 18.7 Å². The predicted molar refractivity (Wildman–Crippen MR) is 128 cm³/mol. The van der Waals surface area contributed by atoms with Crippen LogP contribution in [0, 0.1) is 11.6 Å². The van der Waals surface area contributed by atoms with Crippen LogP contribution < -0.4 is 15.4 Å². The van der Waals surface area contributed by atoms with Gasteiger partial charge in [0.1, 0.15) is 11.9 Å². The highest BCUT2D eigenvalue weighted by molar-refractivity contribution is 7.22. The summed E-state index contributed by atoms with van der Waals surface area (Å²) in [6, 6.07) is 4.86. The summed E-state index contributed by atoms with van der Waals surface area (Å²) in [5.41, 5.74) is 0.613. The molecule has 3 aromatic rings. The zero-order valence-electron chi connectivity index (χ0n) is 17.8. The van der Waals surface area contributed by atoms with Crippen molar-refractivity contribution < 1.29 is 18.3 Å². The van der Waals surface area contributed by atoms with Crippen LogP contribution in [0.15, 0.2) is 24.3 Å². The molecule has 1 atom stereocenters. The second kappa shape index (κ2) is 10.4. The number of urea groups is 1. The Morgan fingerprint density at radius 2 is 2.00 bits per heavy atom. The molecule has 33 heavy (non-hydrogen) atoms. The number of aromatic nitrogens is 1. The van der Waals surface area contributed by atoms with Crippen LogP contribution in [0.5, 0.6) is 5.75 Å². The minimum absolute atomic E-state index is 0.0586. The lowest BCUT2D eigenvalue weighted by Gasteiger charge is -2.18. The lowest BCUT2D eigenvalue weighted by molar-refractivity contribution is 0.216. The van der Waals surface area contributed by atoms with Gasteiger partial charge in [0.25, 0.3) is 0 Å². The van der Waals surface area contributed by atoms with Gasteiger partial charge in [0.05, 0.1) is 15.2 Å². The number of anilines is 1. The number of carbonyl (C=O) groups excluding carboxylic acids is 1. The lowest BCUT2D eigenvalue weighted by Crippen LogP contribution is -2.35. The number of ether oxygens (including phenoxy) is 1. The van der Waals surface area contributed by atoms with Crippen molar-refractivity contribution in [1.82, 2.24) is 15.2 Å². The number of likely N-dealkylation sites (tertiary alicyclic amines) is 1. The molecule has 0 bridgehead atoms. The molecular weight excluding hydrogens is 493 g/mol. The Labute approximate surface area is 203 Å². The Balaban J connectivity index is 1.43. The van der Waals surface area contributed by atoms with Crippen LogP contribution in [-0.4, -0.2) is 42.1 Å². The molecule has 2 N–H and O–H groups in total. The molecule has 2 aromatic carbocycles. The molecule has 2 heterocycles. The number of carbonyl (C=O) groups is 1. The fourth-order valence-electron chi connectivity index (χ4n) is 3.71. The molecule has 0 spiro atoms. The standard InChI is InChI=1S/C22H22Cl2F2N4O2S/c1-12(19-13(23)4-5-14(25)20(19)24)32-17-11-18-16(10-15(17)26)28-22(33-18)29-21(31)27-6-9-30-7-2-3-8-30/h4-5,10-12H,2-3,6-9H2,1H3,(H2,27,28,29,31)/t12-/m1/s1. The molecule has 1 fully saturated rings. The summed E-state index contributed by atoms with van der Waals surface area (Å²) in [4.78, 5) is 18.7. The molecule has 1 aliphatic rings. The molecule has 2 amide bonds. The first kappa shape index (κ1) is 23.9. The van der Waals surface area contributed by atoms with E-state index in [0.29, 0.717) is 21.9 Å². The number of rotatable bonds is 7.